The van der Waals surface area contributed by atoms with Gasteiger partial charge >= 0.3 is 10.4 Å². The Balaban J connectivity index is 1.97. The van der Waals surface area contributed by atoms with E-state index >= 15 is 0 Å². The largest absolute Gasteiger partial charge is 0.419 e. The van der Waals surface area contributed by atoms with Crippen LogP contribution in [-0.4, -0.2) is 37.8 Å². The van der Waals surface area contributed by atoms with E-state index in [1.807, 2.05) is 30.3 Å². The zero-order valence-corrected chi connectivity index (χ0v) is 14.2. The fourth-order valence-electron chi connectivity index (χ4n) is 1.71. The highest BCUT2D eigenvalue weighted by molar-refractivity contribution is 7.81. The maximum Gasteiger partial charge on any atom is 0.419 e. The first kappa shape index (κ1) is 16.6. The second-order valence-corrected chi connectivity index (χ2v) is 6.63. The summed E-state index contributed by atoms with van der Waals surface area (Å²) in [6, 6.07) is 9.17. The van der Waals surface area contributed by atoms with Gasteiger partial charge in [0.05, 0.1) is 0 Å². The Bertz CT molecular complexity index is 940. The van der Waals surface area contributed by atoms with Gasteiger partial charge in [-0.3, -0.25) is 9.12 Å². The van der Waals surface area contributed by atoms with Gasteiger partial charge in [-0.2, -0.15) is 8.42 Å². The first-order valence-electron chi connectivity index (χ1n) is 6.32. The Labute approximate surface area is 146 Å². The van der Waals surface area contributed by atoms with E-state index in [0.29, 0.717) is 10.1 Å². The number of benzene rings is 1. The van der Waals surface area contributed by atoms with Gasteiger partial charge in [0.25, 0.3) is 0 Å². The van der Waals surface area contributed by atoms with Crippen LogP contribution in [0.1, 0.15) is 0 Å². The van der Waals surface area contributed by atoms with Crippen LogP contribution in [0.3, 0.4) is 0 Å². The average molecular weight is 383 g/mol. The molecule has 2 heterocycles. The second kappa shape index (κ2) is 6.70. The molecule has 3 aromatic rings. The van der Waals surface area contributed by atoms with E-state index < -0.39 is 10.4 Å². The van der Waals surface area contributed by atoms with Crippen LogP contribution in [0, 0.1) is 0 Å². The predicted octanol–water partition coefficient (Wildman–Crippen LogP) is 1.78. The average Bonchev–Trinajstić information content (AvgIpc) is 3.23. The highest BCUT2D eigenvalue weighted by Crippen LogP contribution is 2.29. The summed E-state index contributed by atoms with van der Waals surface area (Å²) >= 11 is 6.20. The molecule has 0 saturated heterocycles. The zero-order chi connectivity index (χ0) is 17.2. The monoisotopic (exact) mass is 383 g/mol. The van der Waals surface area contributed by atoms with Crippen LogP contribution < -0.4 is 5.06 Å². The molecule has 0 atom stereocenters. The molecule has 0 fully saturated rings. The van der Waals surface area contributed by atoms with E-state index in [4.69, 9.17) is 16.8 Å². The van der Waals surface area contributed by atoms with Gasteiger partial charge in [0.1, 0.15) is 11.3 Å². The van der Waals surface area contributed by atoms with Crippen molar-refractivity contribution in [2.75, 3.05) is 5.06 Å². The minimum Gasteiger partial charge on any atom is -0.281 e. The summed E-state index contributed by atoms with van der Waals surface area (Å²) in [4.78, 5) is 3.82. The molecule has 1 N–H and O–H groups in total. The molecule has 0 bridgehead atoms. The summed E-state index contributed by atoms with van der Waals surface area (Å²) < 4.78 is 37.1. The minimum atomic E-state index is -4.82. The van der Waals surface area contributed by atoms with Crippen LogP contribution in [0.25, 0.3) is 10.6 Å². The summed E-state index contributed by atoms with van der Waals surface area (Å²) in [5.41, 5.74) is 0.793. The number of nitrogens with zero attached hydrogens (tertiary/aromatic N) is 5. The molecule has 0 aliphatic carbocycles. The summed E-state index contributed by atoms with van der Waals surface area (Å²) in [6.45, 7) is 0. The Hall–Kier alpha value is -2.25. The van der Waals surface area contributed by atoms with Gasteiger partial charge < -0.3 is 0 Å². The zero-order valence-electron chi connectivity index (χ0n) is 11.8. The lowest BCUT2D eigenvalue weighted by Gasteiger charge is -2.18. The molecule has 12 heteroatoms. The van der Waals surface area contributed by atoms with Crippen LogP contribution in [0.5, 0.6) is 0 Å². The maximum atomic E-state index is 11.1. The Morgan fingerprint density at radius 2 is 2.04 bits per heavy atom. The van der Waals surface area contributed by atoms with E-state index in [1.165, 1.54) is 23.3 Å². The highest BCUT2D eigenvalue weighted by atomic mass is 32.3. The molecule has 124 valence electrons. The smallest absolute Gasteiger partial charge is 0.281 e. The first-order valence-corrected chi connectivity index (χ1v) is 8.91. The third kappa shape index (κ3) is 3.80. The van der Waals surface area contributed by atoms with Gasteiger partial charge in [-0.1, -0.05) is 41.7 Å². The van der Waals surface area contributed by atoms with Crippen LogP contribution >= 0.6 is 23.6 Å². The molecule has 0 aliphatic rings. The van der Waals surface area contributed by atoms with Crippen molar-refractivity contribution >= 4 is 44.2 Å². The molecular formula is C12H9N5O4S3. The Morgan fingerprint density at radius 1 is 1.29 bits per heavy atom. The fourth-order valence-corrected chi connectivity index (χ4v) is 3.22. The van der Waals surface area contributed by atoms with Crippen molar-refractivity contribution in [1.82, 2.24) is 19.7 Å². The predicted molar refractivity (Wildman–Crippen MR) is 90.7 cm³/mol. The highest BCUT2D eigenvalue weighted by Gasteiger charge is 2.25. The molecular weight excluding hydrogens is 374 g/mol. The normalized spacial score (nSPS) is 11.4. The molecule has 9 nitrogen and oxygen atoms in total. The van der Waals surface area contributed by atoms with Gasteiger partial charge in [0.15, 0.2) is 0 Å². The number of hydrogen-bond acceptors (Lipinski definition) is 8. The summed E-state index contributed by atoms with van der Waals surface area (Å²) in [5.74, 6) is 0. The molecule has 0 saturated carbocycles. The SMILES string of the molecule is O=S(=O)(O)ON(C(=S)n1ccnc1)c1nnc(-c2ccccc2)s1. The van der Waals surface area contributed by atoms with E-state index in [2.05, 4.69) is 19.5 Å². The number of thiocarbonyl (C=S) groups is 1. The number of imidazole rings is 1. The van der Waals surface area contributed by atoms with Gasteiger partial charge in [0, 0.05) is 18.0 Å². The molecule has 0 amide bonds. The summed E-state index contributed by atoms with van der Waals surface area (Å²) in [5, 5.41) is 9.01. The lowest BCUT2D eigenvalue weighted by Crippen LogP contribution is -2.36. The molecule has 0 radical (unpaired) electrons. The van der Waals surface area contributed by atoms with Gasteiger partial charge in [-0.15, -0.1) is 19.5 Å². The van der Waals surface area contributed by atoms with Crippen LogP contribution in [-0.2, 0) is 14.7 Å². The van der Waals surface area contributed by atoms with Crippen molar-refractivity contribution in [2.45, 2.75) is 0 Å². The second-order valence-electron chi connectivity index (χ2n) is 4.30. The standard InChI is InChI=1S/C12H9N5O4S3/c18-24(19,20)21-17(12(22)16-7-6-13-8-16)11-15-14-10(23-11)9-4-2-1-3-5-9/h1-8H,(H,18,19,20). The number of hydroxylamine groups is 1. The van der Waals surface area contributed by atoms with Crippen molar-refractivity contribution in [3.63, 3.8) is 0 Å². The third-order valence-electron chi connectivity index (χ3n) is 2.68. The van der Waals surface area contributed by atoms with Gasteiger partial charge in [-0.05, 0) is 12.2 Å². The lowest BCUT2D eigenvalue weighted by molar-refractivity contribution is 0.278. The maximum absolute atomic E-state index is 11.1. The van der Waals surface area contributed by atoms with Crippen molar-refractivity contribution in [1.29, 1.82) is 0 Å². The van der Waals surface area contributed by atoms with E-state index in [1.54, 1.807) is 0 Å². The molecule has 0 aliphatic heterocycles. The number of hydrogen-bond donors (Lipinski definition) is 1. The van der Waals surface area contributed by atoms with Crippen LogP contribution in [0.4, 0.5) is 5.13 Å². The number of rotatable bonds is 4. The van der Waals surface area contributed by atoms with Crippen molar-refractivity contribution in [2.24, 2.45) is 0 Å². The van der Waals surface area contributed by atoms with Gasteiger partial charge in [-0.25, -0.2) is 4.98 Å². The molecule has 1 aromatic carbocycles. The van der Waals surface area contributed by atoms with E-state index in [-0.39, 0.29) is 10.2 Å². The Kier molecular flexibility index (Phi) is 4.64. The number of anilines is 1. The molecule has 2 aromatic heterocycles. The topological polar surface area (TPSA) is 110 Å². The van der Waals surface area contributed by atoms with Crippen LogP contribution in [0.15, 0.2) is 49.1 Å². The Morgan fingerprint density at radius 3 is 2.67 bits per heavy atom. The lowest BCUT2D eigenvalue weighted by atomic mass is 10.2. The van der Waals surface area contributed by atoms with Crippen LogP contribution in [0.2, 0.25) is 0 Å². The molecule has 0 unspecified atom stereocenters. The van der Waals surface area contributed by atoms with Crippen molar-refractivity contribution in [3.05, 3.63) is 49.1 Å². The van der Waals surface area contributed by atoms with Crippen molar-refractivity contribution < 1.29 is 17.3 Å². The fraction of sp³-hybridized carbons (Fsp3) is 0. The quantitative estimate of drug-likeness (QED) is 0.409. The number of aromatic nitrogens is 4. The minimum absolute atomic E-state index is 0.0326. The van der Waals surface area contributed by atoms with E-state index in [0.717, 1.165) is 16.9 Å². The molecule has 24 heavy (non-hydrogen) atoms. The molecule has 3 rings (SSSR count). The summed E-state index contributed by atoms with van der Waals surface area (Å²) in [7, 11) is -4.82. The van der Waals surface area contributed by atoms with Gasteiger partial charge in [0.2, 0.25) is 10.2 Å². The van der Waals surface area contributed by atoms with Crippen molar-refractivity contribution in [3.8, 4) is 10.6 Å². The summed E-state index contributed by atoms with van der Waals surface area (Å²) in [6.07, 6.45) is 4.29. The first-order chi connectivity index (χ1) is 11.4. The molecule has 0 spiro atoms. The van der Waals surface area contributed by atoms with E-state index in [9.17, 15) is 8.42 Å². The third-order valence-corrected chi connectivity index (χ3v) is 4.33.